The Kier molecular flexibility index (Phi) is 4.54. The van der Waals surface area contributed by atoms with E-state index in [0.717, 1.165) is 16.0 Å². The van der Waals surface area contributed by atoms with Crippen LogP contribution in [0, 0.1) is 0 Å². The quantitative estimate of drug-likeness (QED) is 0.848. The Hall–Kier alpha value is -0.880. The van der Waals surface area contributed by atoms with Crippen molar-refractivity contribution in [3.63, 3.8) is 0 Å². The topological polar surface area (TPSA) is 60.2 Å². The van der Waals surface area contributed by atoms with Crippen LogP contribution in [0.5, 0.6) is 0 Å². The minimum Gasteiger partial charge on any atom is -0.398 e. The lowest BCUT2D eigenvalue weighted by Gasteiger charge is -2.09. The number of nitrogens with two attached hydrogens (primary N) is 1. The van der Waals surface area contributed by atoms with Gasteiger partial charge in [-0.05, 0) is 36.4 Å². The van der Waals surface area contributed by atoms with Crippen LogP contribution in [0.15, 0.2) is 51.1 Å². The molecular formula is C13H11Cl2NO2S2. The monoisotopic (exact) mass is 347 g/mol. The highest BCUT2D eigenvalue weighted by atomic mass is 35.5. The molecule has 0 radical (unpaired) electrons. The molecule has 106 valence electrons. The van der Waals surface area contributed by atoms with Gasteiger partial charge in [-0.25, -0.2) is 8.42 Å². The molecule has 0 aliphatic heterocycles. The fourth-order valence-electron chi connectivity index (χ4n) is 1.52. The van der Waals surface area contributed by atoms with Gasteiger partial charge in [-0.1, -0.05) is 35.0 Å². The van der Waals surface area contributed by atoms with Gasteiger partial charge in [-0.3, -0.25) is 0 Å². The zero-order chi connectivity index (χ0) is 14.9. The maximum absolute atomic E-state index is 11.5. The van der Waals surface area contributed by atoms with E-state index in [1.54, 1.807) is 24.3 Å². The van der Waals surface area contributed by atoms with E-state index in [9.17, 15) is 8.42 Å². The number of anilines is 1. The smallest absolute Gasteiger partial charge is 0.175 e. The number of hydrogen-bond donors (Lipinski definition) is 1. The zero-order valence-electron chi connectivity index (χ0n) is 10.4. The predicted molar refractivity (Wildman–Crippen MR) is 84.5 cm³/mol. The van der Waals surface area contributed by atoms with E-state index in [1.165, 1.54) is 23.9 Å². The second-order valence-electron chi connectivity index (χ2n) is 4.15. The first kappa shape index (κ1) is 15.5. The van der Waals surface area contributed by atoms with Crippen LogP contribution in [0.1, 0.15) is 0 Å². The largest absolute Gasteiger partial charge is 0.398 e. The molecule has 2 rings (SSSR count). The zero-order valence-corrected chi connectivity index (χ0v) is 13.6. The maximum atomic E-state index is 11.5. The van der Waals surface area contributed by atoms with Gasteiger partial charge in [0.2, 0.25) is 0 Å². The summed E-state index contributed by atoms with van der Waals surface area (Å²) in [6, 6.07) is 9.76. The fraction of sp³-hybridized carbons (Fsp3) is 0.0769. The summed E-state index contributed by atoms with van der Waals surface area (Å²) in [6.45, 7) is 0. The molecule has 0 amide bonds. The molecule has 0 aliphatic rings. The third-order valence-corrected chi connectivity index (χ3v) is 5.46. The summed E-state index contributed by atoms with van der Waals surface area (Å²) in [5, 5.41) is 1.13. The Morgan fingerprint density at radius 1 is 1.05 bits per heavy atom. The molecule has 0 heterocycles. The molecule has 0 spiro atoms. The van der Waals surface area contributed by atoms with Gasteiger partial charge in [-0.2, -0.15) is 0 Å². The molecule has 3 nitrogen and oxygen atoms in total. The van der Waals surface area contributed by atoms with E-state index in [0.29, 0.717) is 15.7 Å². The highest BCUT2D eigenvalue weighted by Crippen LogP contribution is 2.38. The summed E-state index contributed by atoms with van der Waals surface area (Å²) in [5.74, 6) is 0. The van der Waals surface area contributed by atoms with Gasteiger partial charge in [-0.15, -0.1) is 0 Å². The van der Waals surface area contributed by atoms with Crippen molar-refractivity contribution in [2.24, 2.45) is 0 Å². The van der Waals surface area contributed by atoms with Crippen LogP contribution in [-0.2, 0) is 9.84 Å². The van der Waals surface area contributed by atoms with Gasteiger partial charge in [0.1, 0.15) is 0 Å². The van der Waals surface area contributed by atoms with Crippen LogP contribution >= 0.6 is 35.0 Å². The molecule has 0 saturated carbocycles. The number of hydrogen-bond acceptors (Lipinski definition) is 4. The first-order valence-electron chi connectivity index (χ1n) is 5.50. The summed E-state index contributed by atoms with van der Waals surface area (Å²) in [6.07, 6.45) is 1.14. The van der Waals surface area contributed by atoms with E-state index in [4.69, 9.17) is 28.9 Å². The molecule has 7 heteroatoms. The number of halogens is 2. The normalized spacial score (nSPS) is 11.6. The second-order valence-corrected chi connectivity index (χ2v) is 8.09. The van der Waals surface area contributed by atoms with Crippen molar-refractivity contribution in [1.29, 1.82) is 0 Å². The molecular weight excluding hydrogens is 337 g/mol. The Balaban J connectivity index is 2.38. The molecule has 0 fully saturated rings. The summed E-state index contributed by atoms with van der Waals surface area (Å²) >= 11 is 13.3. The SMILES string of the molecule is CS(=O)(=O)c1ccc(Sc2cc(Cl)ccc2Cl)c(N)c1. The highest BCUT2D eigenvalue weighted by Gasteiger charge is 2.11. The Labute approximate surface area is 132 Å². The minimum absolute atomic E-state index is 0.191. The maximum Gasteiger partial charge on any atom is 0.175 e. The Morgan fingerprint density at radius 2 is 1.75 bits per heavy atom. The minimum atomic E-state index is -3.27. The van der Waals surface area contributed by atoms with Gasteiger partial charge in [0, 0.05) is 26.8 Å². The van der Waals surface area contributed by atoms with E-state index >= 15 is 0 Å². The molecule has 0 unspecified atom stereocenters. The third kappa shape index (κ3) is 3.61. The average molecular weight is 348 g/mol. The van der Waals surface area contributed by atoms with Crippen molar-refractivity contribution in [3.8, 4) is 0 Å². The number of sulfone groups is 1. The fourth-order valence-corrected chi connectivity index (χ4v) is 3.55. The molecule has 2 N–H and O–H groups in total. The number of rotatable bonds is 3. The standard InChI is InChI=1S/C13H11Cl2NO2S2/c1-20(17,18)9-3-5-12(11(16)7-9)19-13-6-8(14)2-4-10(13)15/h2-7H,16H2,1H3. The molecule has 2 aromatic carbocycles. The molecule has 20 heavy (non-hydrogen) atoms. The van der Waals surface area contributed by atoms with Crippen LogP contribution in [0.25, 0.3) is 0 Å². The lowest BCUT2D eigenvalue weighted by Crippen LogP contribution is -1.99. The van der Waals surface area contributed by atoms with E-state index in [2.05, 4.69) is 0 Å². The summed E-state index contributed by atoms with van der Waals surface area (Å²) in [7, 11) is -3.27. The lowest BCUT2D eigenvalue weighted by molar-refractivity contribution is 0.602. The van der Waals surface area contributed by atoms with E-state index in [1.807, 2.05) is 0 Å². The van der Waals surface area contributed by atoms with Gasteiger partial charge in [0.15, 0.2) is 9.84 Å². The van der Waals surface area contributed by atoms with E-state index in [-0.39, 0.29) is 4.90 Å². The van der Waals surface area contributed by atoms with Gasteiger partial charge in [0.25, 0.3) is 0 Å². The van der Waals surface area contributed by atoms with Crippen molar-refractivity contribution in [2.45, 2.75) is 14.7 Å². The lowest BCUT2D eigenvalue weighted by atomic mass is 10.3. The molecule has 2 aromatic rings. The molecule has 0 aromatic heterocycles. The van der Waals surface area contributed by atoms with Crippen molar-refractivity contribution in [2.75, 3.05) is 12.0 Å². The van der Waals surface area contributed by atoms with E-state index < -0.39 is 9.84 Å². The summed E-state index contributed by atoms with van der Waals surface area (Å²) in [5.41, 5.74) is 6.28. The average Bonchev–Trinajstić information content (AvgIpc) is 2.35. The van der Waals surface area contributed by atoms with Crippen LogP contribution in [0.2, 0.25) is 10.0 Å². The van der Waals surface area contributed by atoms with Crippen molar-refractivity contribution in [3.05, 3.63) is 46.4 Å². The molecule has 0 bridgehead atoms. The number of benzene rings is 2. The van der Waals surface area contributed by atoms with Gasteiger partial charge < -0.3 is 5.73 Å². The Morgan fingerprint density at radius 3 is 2.35 bits per heavy atom. The molecule has 0 saturated heterocycles. The summed E-state index contributed by atoms with van der Waals surface area (Å²) < 4.78 is 22.9. The first-order valence-corrected chi connectivity index (χ1v) is 8.96. The van der Waals surface area contributed by atoms with Crippen LogP contribution in [-0.4, -0.2) is 14.7 Å². The third-order valence-electron chi connectivity index (χ3n) is 2.52. The highest BCUT2D eigenvalue weighted by molar-refractivity contribution is 7.99. The second kappa shape index (κ2) is 5.85. The first-order chi connectivity index (χ1) is 9.27. The van der Waals surface area contributed by atoms with Gasteiger partial charge >= 0.3 is 0 Å². The van der Waals surface area contributed by atoms with Crippen molar-refractivity contribution >= 4 is 50.5 Å². The summed E-state index contributed by atoms with van der Waals surface area (Å²) in [4.78, 5) is 1.68. The predicted octanol–water partition coefficient (Wildman–Crippen LogP) is 4.13. The molecule has 0 atom stereocenters. The Bertz CT molecular complexity index is 761. The van der Waals surface area contributed by atoms with Crippen molar-refractivity contribution in [1.82, 2.24) is 0 Å². The van der Waals surface area contributed by atoms with Crippen LogP contribution in [0.4, 0.5) is 5.69 Å². The van der Waals surface area contributed by atoms with Crippen molar-refractivity contribution < 1.29 is 8.42 Å². The molecule has 0 aliphatic carbocycles. The number of nitrogen functional groups attached to an aromatic ring is 1. The van der Waals surface area contributed by atoms with Gasteiger partial charge in [0.05, 0.1) is 9.92 Å². The van der Waals surface area contributed by atoms with Crippen LogP contribution in [0.3, 0.4) is 0 Å². The van der Waals surface area contributed by atoms with Crippen LogP contribution < -0.4 is 5.73 Å².